The fraction of sp³-hybridized carbons (Fsp3) is 0.300. The Balaban J connectivity index is 2.46. The van der Waals surface area contributed by atoms with Crippen molar-refractivity contribution in [2.75, 3.05) is 5.75 Å². The number of benzene rings is 1. The fourth-order valence-corrected chi connectivity index (χ4v) is 2.55. The number of halogens is 2. The van der Waals surface area contributed by atoms with Crippen molar-refractivity contribution in [3.05, 3.63) is 33.8 Å². The number of aliphatic carboxylic acids is 1. The van der Waals surface area contributed by atoms with Crippen LogP contribution in [0.2, 0.25) is 10.0 Å². The highest BCUT2D eigenvalue weighted by molar-refractivity contribution is 7.98. The van der Waals surface area contributed by atoms with E-state index in [2.05, 4.69) is 0 Å². The summed E-state index contributed by atoms with van der Waals surface area (Å²) in [5.41, 5.74) is 6.29. The summed E-state index contributed by atoms with van der Waals surface area (Å²) in [6.07, 6.45) is 0. The number of thioether (sulfide) groups is 1. The van der Waals surface area contributed by atoms with Crippen molar-refractivity contribution in [1.29, 1.82) is 0 Å². The SMILES string of the molecule is N[C@H](CSCc1ccc(Cl)cc1Cl)C(=O)O. The Morgan fingerprint density at radius 2 is 2.19 bits per heavy atom. The summed E-state index contributed by atoms with van der Waals surface area (Å²) in [4.78, 5) is 10.5. The van der Waals surface area contributed by atoms with Crippen molar-refractivity contribution in [1.82, 2.24) is 0 Å². The van der Waals surface area contributed by atoms with Crippen LogP contribution in [-0.2, 0) is 10.5 Å². The summed E-state index contributed by atoms with van der Waals surface area (Å²) >= 11 is 13.1. The van der Waals surface area contributed by atoms with Crippen LogP contribution in [0.4, 0.5) is 0 Å². The third-order valence-electron chi connectivity index (χ3n) is 1.89. The number of rotatable bonds is 5. The van der Waals surface area contributed by atoms with E-state index in [1.165, 1.54) is 11.8 Å². The standard InChI is InChI=1S/C10H11Cl2NO2S/c11-7-2-1-6(8(12)3-7)4-16-5-9(13)10(14)15/h1-3,9H,4-5,13H2,(H,14,15)/t9-/m1/s1. The van der Waals surface area contributed by atoms with Crippen molar-refractivity contribution < 1.29 is 9.90 Å². The highest BCUT2D eigenvalue weighted by Crippen LogP contribution is 2.24. The van der Waals surface area contributed by atoms with Gasteiger partial charge in [-0.25, -0.2) is 0 Å². The lowest BCUT2D eigenvalue weighted by atomic mass is 10.2. The molecule has 0 unspecified atom stereocenters. The molecule has 1 rings (SSSR count). The van der Waals surface area contributed by atoms with Gasteiger partial charge in [-0.1, -0.05) is 29.3 Å². The van der Waals surface area contributed by atoms with E-state index in [9.17, 15) is 4.79 Å². The molecule has 0 spiro atoms. The van der Waals surface area contributed by atoms with Crippen LogP contribution in [0.25, 0.3) is 0 Å². The maximum atomic E-state index is 10.5. The Morgan fingerprint density at radius 3 is 2.75 bits per heavy atom. The minimum atomic E-state index is -0.991. The Morgan fingerprint density at radius 1 is 1.50 bits per heavy atom. The second kappa shape index (κ2) is 6.35. The van der Waals surface area contributed by atoms with Gasteiger partial charge in [-0.2, -0.15) is 11.8 Å². The molecule has 3 nitrogen and oxygen atoms in total. The van der Waals surface area contributed by atoms with Gasteiger partial charge < -0.3 is 10.8 Å². The predicted molar refractivity (Wildman–Crippen MR) is 68.2 cm³/mol. The molecular formula is C10H11Cl2NO2S. The van der Waals surface area contributed by atoms with Crippen LogP contribution in [-0.4, -0.2) is 22.9 Å². The van der Waals surface area contributed by atoms with E-state index >= 15 is 0 Å². The monoisotopic (exact) mass is 279 g/mol. The van der Waals surface area contributed by atoms with Gasteiger partial charge in [-0.15, -0.1) is 0 Å². The van der Waals surface area contributed by atoms with E-state index in [1.807, 2.05) is 6.07 Å². The van der Waals surface area contributed by atoms with Gasteiger partial charge in [-0.05, 0) is 17.7 Å². The Hall–Kier alpha value is -0.420. The quantitative estimate of drug-likeness (QED) is 0.870. The summed E-state index contributed by atoms with van der Waals surface area (Å²) in [5, 5.41) is 9.76. The molecule has 0 bridgehead atoms. The van der Waals surface area contributed by atoms with E-state index in [0.717, 1.165) is 5.56 Å². The number of hydrogen-bond donors (Lipinski definition) is 2. The van der Waals surface area contributed by atoms with Crippen molar-refractivity contribution in [3.8, 4) is 0 Å². The zero-order valence-electron chi connectivity index (χ0n) is 8.32. The van der Waals surface area contributed by atoms with E-state index < -0.39 is 12.0 Å². The lowest BCUT2D eigenvalue weighted by Gasteiger charge is -2.07. The lowest BCUT2D eigenvalue weighted by molar-refractivity contribution is -0.137. The molecule has 16 heavy (non-hydrogen) atoms. The average molecular weight is 280 g/mol. The zero-order chi connectivity index (χ0) is 12.1. The van der Waals surface area contributed by atoms with Gasteiger partial charge >= 0.3 is 5.97 Å². The number of carboxylic acid groups (broad SMARTS) is 1. The summed E-state index contributed by atoms with van der Waals surface area (Å²) in [7, 11) is 0. The smallest absolute Gasteiger partial charge is 0.321 e. The number of nitrogens with two attached hydrogens (primary N) is 1. The molecule has 88 valence electrons. The molecular weight excluding hydrogens is 269 g/mol. The predicted octanol–water partition coefficient (Wildman–Crippen LogP) is 2.64. The first kappa shape index (κ1) is 13.6. The van der Waals surface area contributed by atoms with Gasteiger partial charge in [0.2, 0.25) is 0 Å². The Bertz CT molecular complexity index is 387. The Labute approximate surface area is 108 Å². The molecule has 3 N–H and O–H groups in total. The first-order valence-electron chi connectivity index (χ1n) is 4.50. The molecule has 0 amide bonds. The van der Waals surface area contributed by atoms with Crippen molar-refractivity contribution in [2.24, 2.45) is 5.73 Å². The first-order valence-corrected chi connectivity index (χ1v) is 6.42. The van der Waals surface area contributed by atoms with Crippen LogP contribution in [0.15, 0.2) is 18.2 Å². The summed E-state index contributed by atoms with van der Waals surface area (Å²) in [6.45, 7) is 0. The van der Waals surface area contributed by atoms with Crippen LogP contribution >= 0.6 is 35.0 Å². The van der Waals surface area contributed by atoms with Gasteiger partial charge in [0.05, 0.1) is 0 Å². The lowest BCUT2D eigenvalue weighted by Crippen LogP contribution is -2.32. The van der Waals surface area contributed by atoms with Crippen molar-refractivity contribution in [3.63, 3.8) is 0 Å². The molecule has 1 aromatic rings. The average Bonchev–Trinajstić information content (AvgIpc) is 2.20. The third kappa shape index (κ3) is 4.22. The van der Waals surface area contributed by atoms with E-state index in [4.69, 9.17) is 34.0 Å². The molecule has 0 heterocycles. The molecule has 0 radical (unpaired) electrons. The van der Waals surface area contributed by atoms with Crippen molar-refractivity contribution >= 4 is 40.9 Å². The van der Waals surface area contributed by atoms with E-state index in [-0.39, 0.29) is 0 Å². The Kier molecular flexibility index (Phi) is 5.41. The molecule has 6 heteroatoms. The molecule has 0 saturated carbocycles. The van der Waals surface area contributed by atoms with E-state index in [1.54, 1.807) is 12.1 Å². The molecule has 0 aliphatic carbocycles. The second-order valence-corrected chi connectivity index (χ2v) is 5.07. The molecule has 1 atom stereocenters. The minimum absolute atomic E-state index is 0.355. The molecule has 0 fully saturated rings. The van der Waals surface area contributed by atoms with Gasteiger partial charge in [0, 0.05) is 21.6 Å². The van der Waals surface area contributed by atoms with Gasteiger partial charge in [-0.3, -0.25) is 4.79 Å². The maximum Gasteiger partial charge on any atom is 0.321 e. The van der Waals surface area contributed by atoms with Crippen LogP contribution in [0.1, 0.15) is 5.56 Å². The van der Waals surface area contributed by atoms with Crippen LogP contribution in [0.5, 0.6) is 0 Å². The molecule has 0 saturated heterocycles. The molecule has 0 aliphatic rings. The second-order valence-electron chi connectivity index (χ2n) is 3.20. The van der Waals surface area contributed by atoms with E-state index in [0.29, 0.717) is 21.6 Å². The molecule has 1 aromatic carbocycles. The van der Waals surface area contributed by atoms with Crippen LogP contribution < -0.4 is 5.73 Å². The zero-order valence-corrected chi connectivity index (χ0v) is 10.6. The van der Waals surface area contributed by atoms with Gasteiger partial charge in [0.1, 0.15) is 6.04 Å². The number of hydrogen-bond acceptors (Lipinski definition) is 3. The topological polar surface area (TPSA) is 63.3 Å². The minimum Gasteiger partial charge on any atom is -0.480 e. The number of carboxylic acids is 1. The molecule has 0 aromatic heterocycles. The van der Waals surface area contributed by atoms with Gasteiger partial charge in [0.25, 0.3) is 0 Å². The fourth-order valence-electron chi connectivity index (χ4n) is 1.01. The first-order chi connectivity index (χ1) is 7.50. The van der Waals surface area contributed by atoms with Crippen LogP contribution in [0.3, 0.4) is 0 Å². The highest BCUT2D eigenvalue weighted by atomic mass is 35.5. The molecule has 0 aliphatic heterocycles. The summed E-state index contributed by atoms with van der Waals surface area (Å²) < 4.78 is 0. The third-order valence-corrected chi connectivity index (χ3v) is 3.58. The normalized spacial score (nSPS) is 12.4. The highest BCUT2D eigenvalue weighted by Gasteiger charge is 2.11. The largest absolute Gasteiger partial charge is 0.480 e. The maximum absolute atomic E-state index is 10.5. The van der Waals surface area contributed by atoms with Gasteiger partial charge in [0.15, 0.2) is 0 Å². The number of carbonyl (C=O) groups is 1. The van der Waals surface area contributed by atoms with Crippen molar-refractivity contribution in [2.45, 2.75) is 11.8 Å². The summed E-state index contributed by atoms with van der Waals surface area (Å²) in [6, 6.07) is 4.40. The van der Waals surface area contributed by atoms with Crippen LogP contribution in [0, 0.1) is 0 Å². The summed E-state index contributed by atoms with van der Waals surface area (Å²) in [5.74, 6) is -0.0136.